The lowest BCUT2D eigenvalue weighted by atomic mass is 10.2. The molecule has 0 fully saturated rings. The minimum atomic E-state index is 0.344. The molecule has 0 aliphatic rings. The third-order valence-corrected chi connectivity index (χ3v) is 3.41. The summed E-state index contributed by atoms with van der Waals surface area (Å²) >= 11 is 0. The summed E-state index contributed by atoms with van der Waals surface area (Å²) in [5.74, 6) is 1.81. The number of benzene rings is 2. The van der Waals surface area contributed by atoms with E-state index in [1.54, 1.807) is 13.4 Å². The highest BCUT2D eigenvalue weighted by Crippen LogP contribution is 2.32. The van der Waals surface area contributed by atoms with E-state index in [0.717, 1.165) is 11.1 Å². The predicted octanol–water partition coefficient (Wildman–Crippen LogP) is 3.39. The minimum absolute atomic E-state index is 0.344. The van der Waals surface area contributed by atoms with Crippen LogP contribution in [0.2, 0.25) is 0 Å². The van der Waals surface area contributed by atoms with Crippen molar-refractivity contribution < 1.29 is 13.9 Å². The van der Waals surface area contributed by atoms with Gasteiger partial charge in [0.2, 0.25) is 5.89 Å². The molecule has 0 saturated heterocycles. The molecule has 0 aliphatic heterocycles. The summed E-state index contributed by atoms with van der Waals surface area (Å²) in [5, 5.41) is 0. The average molecular weight is 310 g/mol. The zero-order valence-electron chi connectivity index (χ0n) is 12.9. The summed E-state index contributed by atoms with van der Waals surface area (Å²) in [6.45, 7) is 0.803. The fourth-order valence-corrected chi connectivity index (χ4v) is 2.19. The number of hydrogen-bond donors (Lipinski definition) is 1. The number of aromatic nitrogens is 1. The van der Waals surface area contributed by atoms with Crippen LogP contribution in [0.25, 0.3) is 11.5 Å². The first-order valence-corrected chi connectivity index (χ1v) is 7.29. The van der Waals surface area contributed by atoms with Crippen molar-refractivity contribution in [2.75, 3.05) is 7.11 Å². The SMILES string of the molecule is COc1ccc(-c2nc(CN)co2)cc1OCc1ccccc1. The van der Waals surface area contributed by atoms with Crippen LogP contribution < -0.4 is 15.2 Å². The lowest BCUT2D eigenvalue weighted by Gasteiger charge is -2.11. The number of nitrogens with zero attached hydrogens (tertiary/aromatic N) is 1. The van der Waals surface area contributed by atoms with Crippen molar-refractivity contribution in [3.05, 3.63) is 66.1 Å². The van der Waals surface area contributed by atoms with Gasteiger partial charge in [0.15, 0.2) is 11.5 Å². The van der Waals surface area contributed by atoms with E-state index in [4.69, 9.17) is 19.6 Å². The van der Waals surface area contributed by atoms with E-state index >= 15 is 0 Å². The Bertz CT molecular complexity index is 769. The Labute approximate surface area is 134 Å². The fraction of sp³-hybridized carbons (Fsp3) is 0.167. The Morgan fingerprint density at radius 1 is 1.09 bits per heavy atom. The molecule has 5 nitrogen and oxygen atoms in total. The summed E-state index contributed by atoms with van der Waals surface area (Å²) in [7, 11) is 1.61. The minimum Gasteiger partial charge on any atom is -0.493 e. The first-order chi connectivity index (χ1) is 11.3. The van der Waals surface area contributed by atoms with E-state index in [2.05, 4.69) is 4.98 Å². The Morgan fingerprint density at radius 3 is 2.61 bits per heavy atom. The van der Waals surface area contributed by atoms with Crippen molar-refractivity contribution in [3.63, 3.8) is 0 Å². The van der Waals surface area contributed by atoms with Crippen molar-refractivity contribution in [2.24, 2.45) is 5.73 Å². The predicted molar refractivity (Wildman–Crippen MR) is 87.2 cm³/mol. The van der Waals surface area contributed by atoms with E-state index in [9.17, 15) is 0 Å². The van der Waals surface area contributed by atoms with E-state index in [1.807, 2.05) is 48.5 Å². The summed E-state index contributed by atoms with van der Waals surface area (Å²) in [4.78, 5) is 4.33. The molecule has 3 aromatic rings. The van der Waals surface area contributed by atoms with Crippen molar-refractivity contribution in [1.82, 2.24) is 4.98 Å². The van der Waals surface area contributed by atoms with E-state index < -0.39 is 0 Å². The molecule has 0 saturated carbocycles. The van der Waals surface area contributed by atoms with Gasteiger partial charge in [0.05, 0.1) is 12.8 Å². The lowest BCUT2D eigenvalue weighted by Crippen LogP contribution is -1.98. The third kappa shape index (κ3) is 3.52. The summed E-state index contributed by atoms with van der Waals surface area (Å²) in [5.41, 5.74) is 8.17. The van der Waals surface area contributed by atoms with Gasteiger partial charge < -0.3 is 19.6 Å². The monoisotopic (exact) mass is 310 g/mol. The topological polar surface area (TPSA) is 70.5 Å². The maximum atomic E-state index is 5.89. The zero-order chi connectivity index (χ0) is 16.1. The molecule has 118 valence electrons. The smallest absolute Gasteiger partial charge is 0.226 e. The van der Waals surface area contributed by atoms with Crippen molar-refractivity contribution in [1.29, 1.82) is 0 Å². The van der Waals surface area contributed by atoms with Crippen molar-refractivity contribution >= 4 is 0 Å². The van der Waals surface area contributed by atoms with Gasteiger partial charge in [-0.2, -0.15) is 0 Å². The van der Waals surface area contributed by atoms with Gasteiger partial charge in [-0.25, -0.2) is 4.98 Å². The molecule has 0 bridgehead atoms. The molecule has 0 aliphatic carbocycles. The van der Waals surface area contributed by atoms with Crippen LogP contribution in [-0.2, 0) is 13.2 Å². The van der Waals surface area contributed by atoms with Gasteiger partial charge in [0.1, 0.15) is 12.9 Å². The number of rotatable bonds is 6. The maximum Gasteiger partial charge on any atom is 0.226 e. The van der Waals surface area contributed by atoms with Crippen LogP contribution in [0.1, 0.15) is 11.3 Å². The molecule has 0 amide bonds. The molecule has 5 heteroatoms. The van der Waals surface area contributed by atoms with Gasteiger partial charge >= 0.3 is 0 Å². The van der Waals surface area contributed by atoms with Gasteiger partial charge in [-0.15, -0.1) is 0 Å². The molecule has 23 heavy (non-hydrogen) atoms. The molecule has 2 N–H and O–H groups in total. The van der Waals surface area contributed by atoms with Crippen LogP contribution in [-0.4, -0.2) is 12.1 Å². The normalized spacial score (nSPS) is 10.5. The number of methoxy groups -OCH3 is 1. The summed E-state index contributed by atoms with van der Waals surface area (Å²) in [6.07, 6.45) is 1.56. The first kappa shape index (κ1) is 15.1. The second kappa shape index (κ2) is 6.98. The largest absolute Gasteiger partial charge is 0.493 e. The molecule has 2 aromatic carbocycles. The van der Waals surface area contributed by atoms with Crippen LogP contribution in [0.3, 0.4) is 0 Å². The summed E-state index contributed by atoms with van der Waals surface area (Å²) < 4.78 is 16.7. The van der Waals surface area contributed by atoms with E-state index in [0.29, 0.717) is 36.2 Å². The van der Waals surface area contributed by atoms with Crippen LogP contribution >= 0.6 is 0 Å². The highest BCUT2D eigenvalue weighted by Gasteiger charge is 2.11. The standard InChI is InChI=1S/C18H18N2O3/c1-21-16-8-7-14(18-20-15(10-19)12-23-18)9-17(16)22-11-13-5-3-2-4-6-13/h2-9,12H,10-11,19H2,1H3. The van der Waals surface area contributed by atoms with Crippen LogP contribution in [0.4, 0.5) is 0 Å². The van der Waals surface area contributed by atoms with Gasteiger partial charge in [0, 0.05) is 12.1 Å². The third-order valence-electron chi connectivity index (χ3n) is 3.41. The highest BCUT2D eigenvalue weighted by molar-refractivity contribution is 5.60. The number of nitrogens with two attached hydrogens (primary N) is 1. The first-order valence-electron chi connectivity index (χ1n) is 7.29. The van der Waals surface area contributed by atoms with Gasteiger partial charge in [-0.05, 0) is 23.8 Å². The van der Waals surface area contributed by atoms with Gasteiger partial charge in [-0.1, -0.05) is 30.3 Å². The second-order valence-electron chi connectivity index (χ2n) is 4.99. The van der Waals surface area contributed by atoms with Crippen LogP contribution in [0.15, 0.2) is 59.2 Å². The highest BCUT2D eigenvalue weighted by atomic mass is 16.5. The number of hydrogen-bond acceptors (Lipinski definition) is 5. The lowest BCUT2D eigenvalue weighted by molar-refractivity contribution is 0.284. The molecule has 0 unspecified atom stereocenters. The molecule has 3 rings (SSSR count). The summed E-state index contributed by atoms with van der Waals surface area (Å²) in [6, 6.07) is 15.5. The average Bonchev–Trinajstić information content (AvgIpc) is 3.10. The van der Waals surface area contributed by atoms with E-state index in [-0.39, 0.29) is 0 Å². The Morgan fingerprint density at radius 2 is 1.91 bits per heavy atom. The molecule has 0 atom stereocenters. The Hall–Kier alpha value is -2.79. The van der Waals surface area contributed by atoms with Crippen LogP contribution in [0, 0.1) is 0 Å². The van der Waals surface area contributed by atoms with Crippen LogP contribution in [0.5, 0.6) is 11.5 Å². The Kier molecular flexibility index (Phi) is 4.59. The van der Waals surface area contributed by atoms with Crippen molar-refractivity contribution in [3.8, 4) is 23.0 Å². The second-order valence-corrected chi connectivity index (χ2v) is 4.99. The molecular formula is C18H18N2O3. The molecule has 1 heterocycles. The Balaban J connectivity index is 1.84. The van der Waals surface area contributed by atoms with Gasteiger partial charge in [0.25, 0.3) is 0 Å². The van der Waals surface area contributed by atoms with Crippen molar-refractivity contribution in [2.45, 2.75) is 13.2 Å². The molecule has 0 spiro atoms. The maximum absolute atomic E-state index is 5.89. The quantitative estimate of drug-likeness (QED) is 0.755. The number of oxazole rings is 1. The molecule has 0 radical (unpaired) electrons. The fourth-order valence-electron chi connectivity index (χ4n) is 2.19. The van der Waals surface area contributed by atoms with Gasteiger partial charge in [-0.3, -0.25) is 0 Å². The zero-order valence-corrected chi connectivity index (χ0v) is 12.9. The molecular weight excluding hydrogens is 292 g/mol. The number of ether oxygens (including phenoxy) is 2. The van der Waals surface area contributed by atoms with E-state index in [1.165, 1.54) is 0 Å². The molecule has 1 aromatic heterocycles.